The monoisotopic (exact) mass is 243 g/mol. The van der Waals surface area contributed by atoms with Crippen molar-refractivity contribution in [3.8, 4) is 0 Å². The third-order valence-electron chi connectivity index (χ3n) is 3.35. The highest BCUT2D eigenvalue weighted by atomic mass is 32.2. The Morgan fingerprint density at radius 2 is 1.94 bits per heavy atom. The van der Waals surface area contributed by atoms with Crippen molar-refractivity contribution in [2.24, 2.45) is 0 Å². The molecular weight excluding hydrogens is 226 g/mol. The van der Waals surface area contributed by atoms with Crippen LogP contribution in [-0.4, -0.2) is 11.8 Å². The van der Waals surface area contributed by atoms with Crippen molar-refractivity contribution in [1.82, 2.24) is 5.32 Å². The molecule has 3 rings (SSSR count). The van der Waals surface area contributed by atoms with Gasteiger partial charge in [-0.2, -0.15) is 0 Å². The molecule has 88 valence electrons. The van der Waals surface area contributed by atoms with Crippen LogP contribution in [0.25, 0.3) is 10.8 Å². The van der Waals surface area contributed by atoms with Crippen LogP contribution in [0, 0.1) is 0 Å². The minimum absolute atomic E-state index is 0.449. The first-order chi connectivity index (χ1) is 8.34. The summed E-state index contributed by atoms with van der Waals surface area (Å²) in [7, 11) is 0. The summed E-state index contributed by atoms with van der Waals surface area (Å²) in [6.07, 6.45) is 1.27. The number of thioether (sulfide) groups is 1. The van der Waals surface area contributed by atoms with Crippen molar-refractivity contribution in [3.63, 3.8) is 0 Å². The predicted molar refractivity (Wildman–Crippen MR) is 76.4 cm³/mol. The molecule has 1 aliphatic heterocycles. The molecule has 0 bridgehead atoms. The maximum absolute atomic E-state index is 3.62. The van der Waals surface area contributed by atoms with Gasteiger partial charge in [0.15, 0.2) is 0 Å². The van der Waals surface area contributed by atoms with Gasteiger partial charge in [0.2, 0.25) is 0 Å². The molecule has 2 aromatic carbocycles. The van der Waals surface area contributed by atoms with E-state index in [-0.39, 0.29) is 0 Å². The molecule has 1 nitrogen and oxygen atoms in total. The smallest absolute Gasteiger partial charge is 0.0798 e. The molecule has 2 heteroatoms. The van der Waals surface area contributed by atoms with E-state index in [0.29, 0.717) is 5.37 Å². The summed E-state index contributed by atoms with van der Waals surface area (Å²) in [5.74, 6) is 0. The van der Waals surface area contributed by atoms with Crippen LogP contribution in [0.1, 0.15) is 24.3 Å². The SMILES string of the molecule is CC1CCNC(c2cccc3ccccc23)S1. The zero-order valence-corrected chi connectivity index (χ0v) is 10.8. The summed E-state index contributed by atoms with van der Waals surface area (Å²) >= 11 is 2.04. The van der Waals surface area contributed by atoms with Crippen LogP contribution in [0.5, 0.6) is 0 Å². The molecule has 0 radical (unpaired) electrons. The molecule has 2 aromatic rings. The van der Waals surface area contributed by atoms with Crippen LogP contribution >= 0.6 is 11.8 Å². The normalized spacial score (nSPS) is 25.0. The Hall–Kier alpha value is -0.990. The van der Waals surface area contributed by atoms with Crippen LogP contribution in [-0.2, 0) is 0 Å². The molecular formula is C15H17NS. The van der Waals surface area contributed by atoms with Crippen LogP contribution in [0.4, 0.5) is 0 Å². The van der Waals surface area contributed by atoms with E-state index in [2.05, 4.69) is 54.7 Å². The molecule has 0 amide bonds. The van der Waals surface area contributed by atoms with Crippen molar-refractivity contribution in [2.45, 2.75) is 24.0 Å². The largest absolute Gasteiger partial charge is 0.302 e. The van der Waals surface area contributed by atoms with Crippen molar-refractivity contribution < 1.29 is 0 Å². The van der Waals surface area contributed by atoms with Crippen LogP contribution < -0.4 is 5.32 Å². The van der Waals surface area contributed by atoms with Gasteiger partial charge in [0.25, 0.3) is 0 Å². The molecule has 1 saturated heterocycles. The average Bonchev–Trinajstić information content (AvgIpc) is 2.38. The van der Waals surface area contributed by atoms with Crippen molar-refractivity contribution in [3.05, 3.63) is 48.0 Å². The van der Waals surface area contributed by atoms with E-state index in [1.54, 1.807) is 0 Å². The Labute approximate surface area is 107 Å². The Morgan fingerprint density at radius 1 is 1.12 bits per heavy atom. The van der Waals surface area contributed by atoms with E-state index in [4.69, 9.17) is 0 Å². The van der Waals surface area contributed by atoms with Gasteiger partial charge >= 0.3 is 0 Å². The van der Waals surface area contributed by atoms with Gasteiger partial charge in [-0.3, -0.25) is 0 Å². The lowest BCUT2D eigenvalue weighted by molar-refractivity contribution is 0.607. The van der Waals surface area contributed by atoms with E-state index >= 15 is 0 Å². The van der Waals surface area contributed by atoms with Crippen LogP contribution in [0.15, 0.2) is 42.5 Å². The molecule has 17 heavy (non-hydrogen) atoms. The summed E-state index contributed by atoms with van der Waals surface area (Å²) in [5, 5.41) is 7.54. The standard InChI is InChI=1S/C15H17NS/c1-11-9-10-16-15(17-11)14-8-4-6-12-5-2-3-7-13(12)14/h2-8,11,15-16H,9-10H2,1H3. The van der Waals surface area contributed by atoms with E-state index in [9.17, 15) is 0 Å². The first-order valence-corrected chi connectivity index (χ1v) is 7.15. The second-order valence-electron chi connectivity index (χ2n) is 4.64. The van der Waals surface area contributed by atoms with Gasteiger partial charge in [0.05, 0.1) is 5.37 Å². The fourth-order valence-corrected chi connectivity index (χ4v) is 3.71. The zero-order chi connectivity index (χ0) is 11.7. The van der Waals surface area contributed by atoms with E-state index in [1.165, 1.54) is 22.8 Å². The second-order valence-corrected chi connectivity index (χ2v) is 6.19. The quantitative estimate of drug-likeness (QED) is 0.814. The fraction of sp³-hybridized carbons (Fsp3) is 0.333. The molecule has 1 fully saturated rings. The summed E-state index contributed by atoms with van der Waals surface area (Å²) in [5.41, 5.74) is 1.43. The predicted octanol–water partition coefficient (Wildman–Crippen LogP) is 3.95. The van der Waals surface area contributed by atoms with Gasteiger partial charge in [-0.25, -0.2) is 0 Å². The number of benzene rings is 2. The number of hydrogen-bond acceptors (Lipinski definition) is 2. The summed E-state index contributed by atoms with van der Waals surface area (Å²) in [6.45, 7) is 3.45. The lowest BCUT2D eigenvalue weighted by Gasteiger charge is -2.28. The Kier molecular flexibility index (Phi) is 3.08. The first kappa shape index (κ1) is 11.1. The van der Waals surface area contributed by atoms with Gasteiger partial charge < -0.3 is 5.32 Å². The fourth-order valence-electron chi connectivity index (χ4n) is 2.43. The van der Waals surface area contributed by atoms with Gasteiger partial charge in [-0.15, -0.1) is 11.8 Å². The van der Waals surface area contributed by atoms with Gasteiger partial charge in [0.1, 0.15) is 0 Å². The van der Waals surface area contributed by atoms with E-state index in [1.807, 2.05) is 11.8 Å². The topological polar surface area (TPSA) is 12.0 Å². The Bertz CT molecular complexity index is 518. The van der Waals surface area contributed by atoms with Gasteiger partial charge in [0, 0.05) is 5.25 Å². The molecule has 1 heterocycles. The van der Waals surface area contributed by atoms with Crippen LogP contribution in [0.3, 0.4) is 0 Å². The van der Waals surface area contributed by atoms with Gasteiger partial charge in [-0.05, 0) is 29.3 Å². The van der Waals surface area contributed by atoms with E-state index < -0.39 is 0 Å². The summed E-state index contributed by atoms with van der Waals surface area (Å²) < 4.78 is 0. The van der Waals surface area contributed by atoms with Crippen molar-refractivity contribution in [2.75, 3.05) is 6.54 Å². The summed E-state index contributed by atoms with van der Waals surface area (Å²) in [4.78, 5) is 0. The molecule has 0 aliphatic carbocycles. The molecule has 2 atom stereocenters. The maximum Gasteiger partial charge on any atom is 0.0798 e. The highest BCUT2D eigenvalue weighted by Gasteiger charge is 2.21. The number of fused-ring (bicyclic) bond motifs is 1. The lowest BCUT2D eigenvalue weighted by Crippen LogP contribution is -2.28. The number of hydrogen-bond donors (Lipinski definition) is 1. The lowest BCUT2D eigenvalue weighted by atomic mass is 10.0. The molecule has 0 saturated carbocycles. The zero-order valence-electron chi connectivity index (χ0n) is 10.0. The Morgan fingerprint density at radius 3 is 2.82 bits per heavy atom. The molecule has 1 aliphatic rings. The number of rotatable bonds is 1. The molecule has 0 spiro atoms. The maximum atomic E-state index is 3.62. The minimum Gasteiger partial charge on any atom is -0.302 e. The third kappa shape index (κ3) is 2.20. The Balaban J connectivity index is 2.04. The highest BCUT2D eigenvalue weighted by Crippen LogP contribution is 2.37. The van der Waals surface area contributed by atoms with E-state index in [0.717, 1.165) is 11.8 Å². The summed E-state index contributed by atoms with van der Waals surface area (Å²) in [6, 6.07) is 15.3. The highest BCUT2D eigenvalue weighted by molar-refractivity contribution is 8.00. The van der Waals surface area contributed by atoms with Crippen molar-refractivity contribution in [1.29, 1.82) is 0 Å². The average molecular weight is 243 g/mol. The molecule has 1 N–H and O–H groups in total. The molecule has 0 aromatic heterocycles. The molecule has 2 unspecified atom stereocenters. The van der Waals surface area contributed by atoms with Gasteiger partial charge in [-0.1, -0.05) is 49.4 Å². The van der Waals surface area contributed by atoms with Crippen LogP contribution in [0.2, 0.25) is 0 Å². The number of nitrogens with one attached hydrogen (secondary N) is 1. The second kappa shape index (κ2) is 4.71. The minimum atomic E-state index is 0.449. The third-order valence-corrected chi connectivity index (χ3v) is 4.75. The van der Waals surface area contributed by atoms with Crippen molar-refractivity contribution >= 4 is 22.5 Å². The first-order valence-electron chi connectivity index (χ1n) is 6.21.